The van der Waals surface area contributed by atoms with Crippen molar-refractivity contribution in [2.24, 2.45) is 34.5 Å². The van der Waals surface area contributed by atoms with E-state index in [-0.39, 0.29) is 12.1 Å². The quantitative estimate of drug-likeness (QED) is 0.460. The van der Waals surface area contributed by atoms with Gasteiger partial charge in [0.15, 0.2) is 0 Å². The van der Waals surface area contributed by atoms with Gasteiger partial charge in [-0.25, -0.2) is 0 Å². The lowest BCUT2D eigenvalue weighted by Crippen LogP contribution is -2.52. The van der Waals surface area contributed by atoms with Crippen LogP contribution in [-0.2, 0) is 9.53 Å². The molecule has 4 aliphatic carbocycles. The third kappa shape index (κ3) is 2.61. The number of carbonyl (C=O) groups is 1. The second-order valence-electron chi connectivity index (χ2n) is 9.96. The zero-order chi connectivity index (χ0) is 17.8. The average molecular weight is 345 g/mol. The second-order valence-corrected chi connectivity index (χ2v) is 9.96. The third-order valence-corrected chi connectivity index (χ3v) is 9.03. The van der Waals surface area contributed by atoms with Gasteiger partial charge in [-0.05, 0) is 85.9 Å². The van der Waals surface area contributed by atoms with Gasteiger partial charge in [-0.2, -0.15) is 0 Å². The van der Waals surface area contributed by atoms with Crippen LogP contribution in [0.25, 0.3) is 0 Å². The van der Waals surface area contributed by atoms with Crippen molar-refractivity contribution in [3.05, 3.63) is 11.6 Å². The summed E-state index contributed by atoms with van der Waals surface area (Å²) >= 11 is 0. The number of fused-ring (bicyclic) bond motifs is 5. The van der Waals surface area contributed by atoms with Gasteiger partial charge in [-0.1, -0.05) is 38.8 Å². The van der Waals surface area contributed by atoms with Crippen molar-refractivity contribution in [1.29, 1.82) is 0 Å². The SMILES string of the molecule is CC[C@@H]1CC=C2[C@@H]3CC[C@@H]4C[C@@H](OC(C)=O)CC[C@]4(C)[C@H]3CC[C@@]21C. The van der Waals surface area contributed by atoms with Gasteiger partial charge in [-0.3, -0.25) is 4.79 Å². The highest BCUT2D eigenvalue weighted by molar-refractivity contribution is 5.66. The number of esters is 1. The summed E-state index contributed by atoms with van der Waals surface area (Å²) in [5.74, 6) is 3.23. The first kappa shape index (κ1) is 17.6. The summed E-state index contributed by atoms with van der Waals surface area (Å²) in [6, 6.07) is 0. The van der Waals surface area contributed by atoms with Crippen LogP contribution in [0.5, 0.6) is 0 Å². The van der Waals surface area contributed by atoms with E-state index < -0.39 is 0 Å². The van der Waals surface area contributed by atoms with Crippen molar-refractivity contribution in [3.8, 4) is 0 Å². The Bertz CT molecular complexity index is 579. The highest BCUT2D eigenvalue weighted by atomic mass is 16.5. The third-order valence-electron chi connectivity index (χ3n) is 9.03. The number of hydrogen-bond acceptors (Lipinski definition) is 2. The van der Waals surface area contributed by atoms with Crippen LogP contribution in [0.4, 0.5) is 0 Å². The van der Waals surface area contributed by atoms with Crippen LogP contribution in [0.2, 0.25) is 0 Å². The van der Waals surface area contributed by atoms with Crippen molar-refractivity contribution in [1.82, 2.24) is 0 Å². The fourth-order valence-electron chi connectivity index (χ4n) is 7.60. The second kappa shape index (κ2) is 6.13. The fraction of sp³-hybridized carbons (Fsp3) is 0.870. The first-order chi connectivity index (χ1) is 11.9. The monoisotopic (exact) mass is 344 g/mol. The zero-order valence-electron chi connectivity index (χ0n) is 16.6. The largest absolute Gasteiger partial charge is 0.463 e. The minimum atomic E-state index is -0.0996. The predicted molar refractivity (Wildman–Crippen MR) is 101 cm³/mol. The molecule has 3 fully saturated rings. The Morgan fingerprint density at radius 1 is 1.20 bits per heavy atom. The molecule has 0 aromatic rings. The van der Waals surface area contributed by atoms with Gasteiger partial charge in [0.05, 0.1) is 0 Å². The number of carbonyl (C=O) groups excluding carboxylic acids is 1. The summed E-state index contributed by atoms with van der Waals surface area (Å²) in [5, 5.41) is 0. The average Bonchev–Trinajstić information content (AvgIpc) is 2.91. The molecule has 7 atom stereocenters. The molecule has 25 heavy (non-hydrogen) atoms. The molecular formula is C23H36O2. The molecule has 2 heteroatoms. The van der Waals surface area contributed by atoms with Crippen LogP contribution in [0.3, 0.4) is 0 Å². The minimum absolute atomic E-state index is 0.0996. The summed E-state index contributed by atoms with van der Waals surface area (Å²) in [7, 11) is 0. The fourth-order valence-corrected chi connectivity index (χ4v) is 7.60. The lowest BCUT2D eigenvalue weighted by molar-refractivity contribution is -0.155. The van der Waals surface area contributed by atoms with E-state index >= 15 is 0 Å². The van der Waals surface area contributed by atoms with Gasteiger partial charge >= 0.3 is 5.97 Å². The molecule has 0 radical (unpaired) electrons. The van der Waals surface area contributed by atoms with Crippen molar-refractivity contribution in [3.63, 3.8) is 0 Å². The van der Waals surface area contributed by atoms with Gasteiger partial charge in [0.2, 0.25) is 0 Å². The van der Waals surface area contributed by atoms with Crippen molar-refractivity contribution < 1.29 is 9.53 Å². The maximum absolute atomic E-state index is 11.4. The molecule has 3 saturated carbocycles. The topological polar surface area (TPSA) is 26.3 Å². The smallest absolute Gasteiger partial charge is 0.302 e. The summed E-state index contributed by atoms with van der Waals surface area (Å²) in [5.41, 5.74) is 2.80. The molecule has 4 aliphatic rings. The van der Waals surface area contributed by atoms with E-state index in [1.54, 1.807) is 6.92 Å². The lowest BCUT2D eigenvalue weighted by atomic mass is 9.46. The van der Waals surface area contributed by atoms with Crippen LogP contribution in [0.1, 0.15) is 85.5 Å². The van der Waals surface area contributed by atoms with E-state index in [9.17, 15) is 4.79 Å². The number of ether oxygens (including phenoxy) is 1. The van der Waals surface area contributed by atoms with Crippen LogP contribution in [-0.4, -0.2) is 12.1 Å². The molecule has 0 N–H and O–H groups in total. The van der Waals surface area contributed by atoms with Crippen LogP contribution < -0.4 is 0 Å². The Hall–Kier alpha value is -0.790. The zero-order valence-corrected chi connectivity index (χ0v) is 16.6. The summed E-state index contributed by atoms with van der Waals surface area (Å²) < 4.78 is 5.58. The highest BCUT2D eigenvalue weighted by Gasteiger charge is 2.57. The van der Waals surface area contributed by atoms with Gasteiger partial charge in [0.25, 0.3) is 0 Å². The van der Waals surface area contributed by atoms with E-state index in [2.05, 4.69) is 26.8 Å². The van der Waals surface area contributed by atoms with Gasteiger partial charge in [0.1, 0.15) is 6.10 Å². The first-order valence-corrected chi connectivity index (χ1v) is 10.8. The van der Waals surface area contributed by atoms with Crippen molar-refractivity contribution >= 4 is 5.97 Å². The first-order valence-electron chi connectivity index (χ1n) is 10.8. The predicted octanol–water partition coefficient (Wildman–Crippen LogP) is 5.91. The molecule has 0 aromatic carbocycles. The Morgan fingerprint density at radius 3 is 2.72 bits per heavy atom. The van der Waals surface area contributed by atoms with Crippen LogP contribution in [0, 0.1) is 34.5 Å². The molecular weight excluding hydrogens is 308 g/mol. The van der Waals surface area contributed by atoms with E-state index in [1.165, 1.54) is 44.9 Å². The maximum atomic E-state index is 11.4. The van der Waals surface area contributed by atoms with Crippen LogP contribution >= 0.6 is 0 Å². The molecule has 0 bridgehead atoms. The molecule has 140 valence electrons. The van der Waals surface area contributed by atoms with Crippen molar-refractivity contribution in [2.75, 3.05) is 0 Å². The Labute approximate surface area is 153 Å². The highest BCUT2D eigenvalue weighted by Crippen LogP contribution is 2.66. The molecule has 0 aliphatic heterocycles. The van der Waals surface area contributed by atoms with Crippen LogP contribution in [0.15, 0.2) is 11.6 Å². The normalized spacial score (nSPS) is 48.8. The maximum Gasteiger partial charge on any atom is 0.302 e. The van der Waals surface area contributed by atoms with E-state index in [0.717, 1.165) is 36.5 Å². The number of allylic oxidation sites excluding steroid dienone is 2. The van der Waals surface area contributed by atoms with Crippen molar-refractivity contribution in [2.45, 2.75) is 91.6 Å². The van der Waals surface area contributed by atoms with E-state index in [4.69, 9.17) is 4.74 Å². The van der Waals surface area contributed by atoms with E-state index in [0.29, 0.717) is 10.8 Å². The summed E-state index contributed by atoms with van der Waals surface area (Å²) in [6.07, 6.45) is 14.4. The summed E-state index contributed by atoms with van der Waals surface area (Å²) in [4.78, 5) is 11.4. The molecule has 0 heterocycles. The Balaban J connectivity index is 1.55. The Kier molecular flexibility index (Phi) is 4.32. The molecule has 4 rings (SSSR count). The Morgan fingerprint density at radius 2 is 2.00 bits per heavy atom. The van der Waals surface area contributed by atoms with Gasteiger partial charge < -0.3 is 4.74 Å². The summed E-state index contributed by atoms with van der Waals surface area (Å²) in [6.45, 7) is 9.09. The number of hydrogen-bond donors (Lipinski definition) is 0. The molecule has 0 saturated heterocycles. The number of rotatable bonds is 2. The van der Waals surface area contributed by atoms with E-state index in [1.807, 2.05) is 5.57 Å². The molecule has 0 unspecified atom stereocenters. The molecule has 2 nitrogen and oxygen atoms in total. The minimum Gasteiger partial charge on any atom is -0.463 e. The molecule has 0 amide bonds. The lowest BCUT2D eigenvalue weighted by Gasteiger charge is -2.59. The van der Waals surface area contributed by atoms with Gasteiger partial charge in [0, 0.05) is 6.92 Å². The molecule has 0 spiro atoms. The van der Waals surface area contributed by atoms with Gasteiger partial charge in [-0.15, -0.1) is 0 Å². The standard InChI is InChI=1S/C23H36O2/c1-5-16-7-9-20-19-8-6-17-14-18(25-15(2)24)10-12-23(17,4)21(19)11-13-22(16,20)3/h9,16-19,21H,5-8,10-14H2,1-4H3/t16-,17-,18+,19+,21+,22-,23+/m1/s1. The molecule has 0 aromatic heterocycles.